The molecule has 1 heterocycles. The van der Waals surface area contributed by atoms with Gasteiger partial charge in [0.1, 0.15) is 11.3 Å². The normalized spacial score (nSPS) is 12.0. The van der Waals surface area contributed by atoms with Crippen LogP contribution in [-0.2, 0) is 0 Å². The third-order valence-electron chi connectivity index (χ3n) is 4.59. The minimum Gasteiger partial charge on any atom is -0.505 e. The number of hydrogen-bond acceptors (Lipinski definition) is 3. The fourth-order valence-corrected chi connectivity index (χ4v) is 3.18. The molecular weight excluding hydrogens is 320 g/mol. The molecule has 0 bridgehead atoms. The molecule has 3 aromatic carbocycles. The van der Waals surface area contributed by atoms with E-state index in [4.69, 9.17) is 0 Å². The molecule has 3 heteroatoms. The number of nitrogens with one attached hydrogen (secondary N) is 1. The minimum atomic E-state index is -0.176. The van der Waals surface area contributed by atoms with Gasteiger partial charge in [-0.3, -0.25) is 4.98 Å². The summed E-state index contributed by atoms with van der Waals surface area (Å²) in [7, 11) is 0. The second kappa shape index (κ2) is 6.89. The van der Waals surface area contributed by atoms with Gasteiger partial charge in [0.25, 0.3) is 0 Å². The van der Waals surface area contributed by atoms with Crippen LogP contribution in [-0.4, -0.2) is 10.1 Å². The van der Waals surface area contributed by atoms with Crippen molar-refractivity contribution in [2.75, 3.05) is 5.32 Å². The Morgan fingerprint density at radius 1 is 0.846 bits per heavy atom. The van der Waals surface area contributed by atoms with Crippen molar-refractivity contribution in [1.82, 2.24) is 4.98 Å². The summed E-state index contributed by atoms with van der Waals surface area (Å²) in [5.41, 5.74) is 4.73. The van der Waals surface area contributed by atoms with Gasteiger partial charge in [-0.2, -0.15) is 0 Å². The lowest BCUT2D eigenvalue weighted by atomic mass is 9.96. The van der Waals surface area contributed by atoms with Crippen LogP contribution in [0, 0.1) is 6.92 Å². The van der Waals surface area contributed by atoms with Crippen molar-refractivity contribution < 1.29 is 5.11 Å². The Bertz CT molecular complexity index is 1030. The number of benzene rings is 3. The maximum absolute atomic E-state index is 10.9. The van der Waals surface area contributed by atoms with Gasteiger partial charge in [0.05, 0.1) is 6.04 Å². The molecule has 0 fully saturated rings. The average Bonchev–Trinajstić information content (AvgIpc) is 2.69. The standard InChI is InChI=1S/C23H20N2O/c1-16-9-12-19(13-10-16)25-21(17-6-3-2-4-7-17)20-14-11-18-8-5-15-24-22(18)23(20)26/h2-15,21,25-26H,1H3/t21-/m0/s1. The van der Waals surface area contributed by atoms with E-state index in [1.807, 2.05) is 42.5 Å². The van der Waals surface area contributed by atoms with E-state index in [2.05, 4.69) is 53.6 Å². The van der Waals surface area contributed by atoms with E-state index in [-0.39, 0.29) is 11.8 Å². The van der Waals surface area contributed by atoms with E-state index < -0.39 is 0 Å². The van der Waals surface area contributed by atoms with Gasteiger partial charge in [-0.1, -0.05) is 66.2 Å². The van der Waals surface area contributed by atoms with Crippen LogP contribution >= 0.6 is 0 Å². The number of phenols is 1. The summed E-state index contributed by atoms with van der Waals surface area (Å²) in [5, 5.41) is 15.4. The van der Waals surface area contributed by atoms with Gasteiger partial charge in [0, 0.05) is 22.8 Å². The number of anilines is 1. The highest BCUT2D eigenvalue weighted by molar-refractivity contribution is 5.86. The zero-order chi connectivity index (χ0) is 17.9. The fourth-order valence-electron chi connectivity index (χ4n) is 3.18. The Labute approximate surface area is 153 Å². The number of pyridine rings is 1. The van der Waals surface area contributed by atoms with Gasteiger partial charge >= 0.3 is 0 Å². The summed E-state index contributed by atoms with van der Waals surface area (Å²) in [6.45, 7) is 2.07. The summed E-state index contributed by atoms with van der Waals surface area (Å²) in [6.07, 6.45) is 1.71. The number of aromatic nitrogens is 1. The van der Waals surface area contributed by atoms with Gasteiger partial charge in [0.15, 0.2) is 0 Å². The van der Waals surface area contributed by atoms with E-state index >= 15 is 0 Å². The molecule has 0 amide bonds. The Morgan fingerprint density at radius 3 is 2.38 bits per heavy atom. The van der Waals surface area contributed by atoms with Crippen LogP contribution in [0.5, 0.6) is 5.75 Å². The SMILES string of the molecule is Cc1ccc(N[C@@H](c2ccccc2)c2ccc3cccnc3c2O)cc1. The molecule has 0 aliphatic heterocycles. The van der Waals surface area contributed by atoms with Gasteiger partial charge in [-0.05, 0) is 30.7 Å². The highest BCUT2D eigenvalue weighted by Gasteiger charge is 2.19. The smallest absolute Gasteiger partial charge is 0.147 e. The van der Waals surface area contributed by atoms with Gasteiger partial charge < -0.3 is 10.4 Å². The van der Waals surface area contributed by atoms with Crippen molar-refractivity contribution in [3.8, 4) is 5.75 Å². The lowest BCUT2D eigenvalue weighted by Crippen LogP contribution is -2.12. The van der Waals surface area contributed by atoms with Gasteiger partial charge in [-0.15, -0.1) is 0 Å². The van der Waals surface area contributed by atoms with Crippen molar-refractivity contribution in [2.24, 2.45) is 0 Å². The van der Waals surface area contributed by atoms with E-state index in [0.717, 1.165) is 22.2 Å². The first kappa shape index (κ1) is 16.2. The molecule has 0 aliphatic carbocycles. The molecule has 0 aliphatic rings. The van der Waals surface area contributed by atoms with Crippen LogP contribution in [0.15, 0.2) is 85.1 Å². The fraction of sp³-hybridized carbons (Fsp3) is 0.0870. The Hall–Kier alpha value is -3.33. The molecule has 0 spiro atoms. The van der Waals surface area contributed by atoms with E-state index in [9.17, 15) is 5.11 Å². The van der Waals surface area contributed by atoms with Crippen molar-refractivity contribution in [2.45, 2.75) is 13.0 Å². The zero-order valence-corrected chi connectivity index (χ0v) is 14.6. The Kier molecular flexibility index (Phi) is 4.28. The molecule has 0 saturated heterocycles. The molecule has 2 N–H and O–H groups in total. The molecule has 26 heavy (non-hydrogen) atoms. The van der Waals surface area contributed by atoms with Crippen molar-refractivity contribution in [3.05, 3.63) is 102 Å². The van der Waals surface area contributed by atoms with Gasteiger partial charge in [-0.25, -0.2) is 0 Å². The highest BCUT2D eigenvalue weighted by atomic mass is 16.3. The Balaban J connectivity index is 1.83. The number of fused-ring (bicyclic) bond motifs is 1. The van der Waals surface area contributed by atoms with Crippen LogP contribution < -0.4 is 5.32 Å². The largest absolute Gasteiger partial charge is 0.505 e. The number of aryl methyl sites for hydroxylation is 1. The van der Waals surface area contributed by atoms with Crippen LogP contribution in [0.3, 0.4) is 0 Å². The number of nitrogens with zero attached hydrogens (tertiary/aromatic N) is 1. The lowest BCUT2D eigenvalue weighted by Gasteiger charge is -2.22. The monoisotopic (exact) mass is 340 g/mol. The quantitative estimate of drug-likeness (QED) is 0.519. The van der Waals surface area contributed by atoms with Gasteiger partial charge in [0.2, 0.25) is 0 Å². The summed E-state index contributed by atoms with van der Waals surface area (Å²) < 4.78 is 0. The molecule has 1 atom stereocenters. The Morgan fingerprint density at radius 2 is 1.62 bits per heavy atom. The summed E-state index contributed by atoms with van der Waals surface area (Å²) in [4.78, 5) is 4.36. The molecule has 4 aromatic rings. The predicted octanol–water partition coefficient (Wildman–Crippen LogP) is 5.45. The van der Waals surface area contributed by atoms with Crippen LogP contribution in [0.25, 0.3) is 10.9 Å². The first-order valence-electron chi connectivity index (χ1n) is 8.67. The topological polar surface area (TPSA) is 45.2 Å². The second-order valence-corrected chi connectivity index (χ2v) is 6.43. The predicted molar refractivity (Wildman–Crippen MR) is 106 cm³/mol. The third kappa shape index (κ3) is 3.11. The number of rotatable bonds is 4. The average molecular weight is 340 g/mol. The highest BCUT2D eigenvalue weighted by Crippen LogP contribution is 2.36. The minimum absolute atomic E-state index is 0.176. The van der Waals surface area contributed by atoms with Crippen LogP contribution in [0.4, 0.5) is 5.69 Å². The maximum atomic E-state index is 10.9. The third-order valence-corrected chi connectivity index (χ3v) is 4.59. The molecule has 0 saturated carbocycles. The van der Waals surface area contributed by atoms with E-state index in [1.165, 1.54) is 5.56 Å². The molecule has 0 unspecified atom stereocenters. The first-order valence-corrected chi connectivity index (χ1v) is 8.67. The lowest BCUT2D eigenvalue weighted by molar-refractivity contribution is 0.472. The number of aromatic hydroxyl groups is 1. The first-order chi connectivity index (χ1) is 12.7. The zero-order valence-electron chi connectivity index (χ0n) is 14.6. The summed E-state index contributed by atoms with van der Waals surface area (Å²) >= 11 is 0. The number of phenolic OH excluding ortho intramolecular Hbond substituents is 1. The van der Waals surface area contributed by atoms with Crippen molar-refractivity contribution in [3.63, 3.8) is 0 Å². The van der Waals surface area contributed by atoms with E-state index in [0.29, 0.717) is 5.52 Å². The van der Waals surface area contributed by atoms with Crippen LogP contribution in [0.2, 0.25) is 0 Å². The van der Waals surface area contributed by atoms with Crippen molar-refractivity contribution in [1.29, 1.82) is 0 Å². The van der Waals surface area contributed by atoms with Crippen molar-refractivity contribution >= 4 is 16.6 Å². The molecule has 1 aromatic heterocycles. The molecular formula is C23H20N2O. The summed E-state index contributed by atoms with van der Waals surface area (Å²) in [5.74, 6) is 0.219. The second-order valence-electron chi connectivity index (χ2n) is 6.43. The summed E-state index contributed by atoms with van der Waals surface area (Å²) in [6, 6.07) is 26.0. The van der Waals surface area contributed by atoms with Crippen LogP contribution in [0.1, 0.15) is 22.7 Å². The molecule has 4 rings (SSSR count). The number of hydrogen-bond donors (Lipinski definition) is 2. The van der Waals surface area contributed by atoms with E-state index in [1.54, 1.807) is 6.20 Å². The maximum Gasteiger partial charge on any atom is 0.147 e. The molecule has 3 nitrogen and oxygen atoms in total. The molecule has 128 valence electrons. The molecule has 0 radical (unpaired) electrons.